The standard InChI is InChI=1S/C14H18N2O/c1-10-4-5-13(11(2)6-10)8-15-9-14-7-12(3)17-16-14/h4-7,15H,8-9H2,1-3H3. The van der Waals surface area contributed by atoms with Gasteiger partial charge in [0, 0.05) is 19.2 Å². The molecule has 0 amide bonds. The van der Waals surface area contributed by atoms with Gasteiger partial charge in [-0.05, 0) is 31.9 Å². The van der Waals surface area contributed by atoms with Crippen LogP contribution < -0.4 is 5.32 Å². The predicted octanol–water partition coefficient (Wildman–Crippen LogP) is 2.89. The third-order valence-corrected chi connectivity index (χ3v) is 2.80. The summed E-state index contributed by atoms with van der Waals surface area (Å²) in [7, 11) is 0. The zero-order valence-corrected chi connectivity index (χ0v) is 10.6. The van der Waals surface area contributed by atoms with Crippen molar-refractivity contribution in [3.05, 3.63) is 52.4 Å². The molecule has 2 aromatic rings. The quantitative estimate of drug-likeness (QED) is 0.877. The lowest BCUT2D eigenvalue weighted by Gasteiger charge is -2.07. The third kappa shape index (κ3) is 3.17. The van der Waals surface area contributed by atoms with Gasteiger partial charge in [-0.2, -0.15) is 0 Å². The van der Waals surface area contributed by atoms with E-state index in [1.165, 1.54) is 16.7 Å². The lowest BCUT2D eigenvalue weighted by Crippen LogP contribution is -2.13. The fraction of sp³-hybridized carbons (Fsp3) is 0.357. The first-order chi connectivity index (χ1) is 8.15. The zero-order chi connectivity index (χ0) is 12.3. The zero-order valence-electron chi connectivity index (χ0n) is 10.6. The highest BCUT2D eigenvalue weighted by molar-refractivity contribution is 5.30. The van der Waals surface area contributed by atoms with Gasteiger partial charge in [0.1, 0.15) is 5.76 Å². The minimum Gasteiger partial charge on any atom is -0.361 e. The molecule has 0 saturated heterocycles. The smallest absolute Gasteiger partial charge is 0.133 e. The molecule has 1 N–H and O–H groups in total. The molecule has 0 fully saturated rings. The first-order valence-electron chi connectivity index (χ1n) is 5.84. The average molecular weight is 230 g/mol. The predicted molar refractivity (Wildman–Crippen MR) is 67.7 cm³/mol. The van der Waals surface area contributed by atoms with Gasteiger partial charge in [-0.25, -0.2) is 0 Å². The van der Waals surface area contributed by atoms with Gasteiger partial charge >= 0.3 is 0 Å². The molecule has 0 unspecified atom stereocenters. The molecule has 90 valence electrons. The van der Waals surface area contributed by atoms with E-state index in [1.807, 2.05) is 13.0 Å². The van der Waals surface area contributed by atoms with Gasteiger partial charge in [0.15, 0.2) is 0 Å². The summed E-state index contributed by atoms with van der Waals surface area (Å²) in [6, 6.07) is 8.47. The number of hydrogen-bond donors (Lipinski definition) is 1. The minimum absolute atomic E-state index is 0.741. The van der Waals surface area contributed by atoms with Crippen molar-refractivity contribution in [1.29, 1.82) is 0 Å². The van der Waals surface area contributed by atoms with E-state index in [2.05, 4.69) is 42.5 Å². The van der Waals surface area contributed by atoms with Crippen LogP contribution in [-0.4, -0.2) is 5.16 Å². The molecular weight excluding hydrogens is 212 g/mol. The topological polar surface area (TPSA) is 38.1 Å². The minimum atomic E-state index is 0.741. The van der Waals surface area contributed by atoms with Crippen molar-refractivity contribution < 1.29 is 4.52 Å². The lowest BCUT2D eigenvalue weighted by atomic mass is 10.1. The van der Waals surface area contributed by atoms with Gasteiger partial charge in [-0.1, -0.05) is 28.9 Å². The van der Waals surface area contributed by atoms with Crippen LogP contribution in [0.1, 0.15) is 28.1 Å². The highest BCUT2D eigenvalue weighted by Gasteiger charge is 2.01. The molecule has 1 aromatic heterocycles. The van der Waals surface area contributed by atoms with Gasteiger partial charge in [0.05, 0.1) is 5.69 Å². The summed E-state index contributed by atoms with van der Waals surface area (Å²) in [4.78, 5) is 0. The van der Waals surface area contributed by atoms with Crippen LogP contribution in [0.15, 0.2) is 28.8 Å². The third-order valence-electron chi connectivity index (χ3n) is 2.80. The maximum Gasteiger partial charge on any atom is 0.133 e. The van der Waals surface area contributed by atoms with Gasteiger partial charge < -0.3 is 9.84 Å². The van der Waals surface area contributed by atoms with E-state index in [0.717, 1.165) is 24.5 Å². The molecule has 3 nitrogen and oxygen atoms in total. The van der Waals surface area contributed by atoms with Crippen molar-refractivity contribution in [1.82, 2.24) is 10.5 Å². The molecular formula is C14H18N2O. The second-order valence-electron chi connectivity index (χ2n) is 4.46. The largest absolute Gasteiger partial charge is 0.361 e. The molecule has 0 radical (unpaired) electrons. The number of aryl methyl sites for hydroxylation is 3. The highest BCUT2D eigenvalue weighted by Crippen LogP contribution is 2.10. The summed E-state index contributed by atoms with van der Waals surface area (Å²) in [6.45, 7) is 7.76. The van der Waals surface area contributed by atoms with Crippen molar-refractivity contribution in [2.45, 2.75) is 33.9 Å². The van der Waals surface area contributed by atoms with Crippen molar-refractivity contribution in [2.24, 2.45) is 0 Å². The first-order valence-corrected chi connectivity index (χ1v) is 5.84. The van der Waals surface area contributed by atoms with Crippen LogP contribution in [0.25, 0.3) is 0 Å². The molecule has 1 aromatic carbocycles. The highest BCUT2D eigenvalue weighted by atomic mass is 16.5. The number of rotatable bonds is 4. The summed E-state index contributed by atoms with van der Waals surface area (Å²) in [6.07, 6.45) is 0. The maximum absolute atomic E-state index is 5.02. The van der Waals surface area contributed by atoms with Crippen molar-refractivity contribution >= 4 is 0 Å². The van der Waals surface area contributed by atoms with Crippen LogP contribution in [0.5, 0.6) is 0 Å². The number of nitrogens with one attached hydrogen (secondary N) is 1. The maximum atomic E-state index is 5.02. The van der Waals surface area contributed by atoms with Crippen molar-refractivity contribution in [3.63, 3.8) is 0 Å². The molecule has 2 rings (SSSR count). The first kappa shape index (κ1) is 11.9. The van der Waals surface area contributed by atoms with Crippen LogP contribution in [0.3, 0.4) is 0 Å². The Hall–Kier alpha value is -1.61. The van der Waals surface area contributed by atoms with Crippen LogP contribution in [0, 0.1) is 20.8 Å². The van der Waals surface area contributed by atoms with E-state index in [-0.39, 0.29) is 0 Å². The number of benzene rings is 1. The Bertz CT molecular complexity index is 503. The van der Waals surface area contributed by atoms with E-state index in [0.29, 0.717) is 0 Å². The molecule has 0 aliphatic heterocycles. The van der Waals surface area contributed by atoms with Gasteiger partial charge in [-0.3, -0.25) is 0 Å². The van der Waals surface area contributed by atoms with E-state index in [1.54, 1.807) is 0 Å². The van der Waals surface area contributed by atoms with E-state index < -0.39 is 0 Å². The molecule has 0 saturated carbocycles. The van der Waals surface area contributed by atoms with Crippen LogP contribution in [-0.2, 0) is 13.1 Å². The van der Waals surface area contributed by atoms with Gasteiger partial charge in [0.2, 0.25) is 0 Å². The van der Waals surface area contributed by atoms with Crippen molar-refractivity contribution in [2.75, 3.05) is 0 Å². The Morgan fingerprint density at radius 1 is 1.12 bits per heavy atom. The van der Waals surface area contributed by atoms with E-state index in [9.17, 15) is 0 Å². The average Bonchev–Trinajstić information content (AvgIpc) is 2.68. The summed E-state index contributed by atoms with van der Waals surface area (Å²) in [5, 5.41) is 7.32. The molecule has 0 aliphatic carbocycles. The fourth-order valence-electron chi connectivity index (χ4n) is 1.87. The molecule has 3 heteroatoms. The van der Waals surface area contributed by atoms with Crippen LogP contribution in [0.2, 0.25) is 0 Å². The van der Waals surface area contributed by atoms with E-state index in [4.69, 9.17) is 4.52 Å². The number of nitrogens with zero attached hydrogens (tertiary/aromatic N) is 1. The number of aromatic nitrogens is 1. The Morgan fingerprint density at radius 3 is 2.59 bits per heavy atom. The van der Waals surface area contributed by atoms with Gasteiger partial charge in [-0.15, -0.1) is 0 Å². The summed E-state index contributed by atoms with van der Waals surface area (Å²) in [5.74, 6) is 0.855. The Labute approximate surface area is 102 Å². The molecule has 0 atom stereocenters. The Balaban J connectivity index is 1.90. The molecule has 1 heterocycles. The van der Waals surface area contributed by atoms with E-state index >= 15 is 0 Å². The second kappa shape index (κ2) is 5.15. The lowest BCUT2D eigenvalue weighted by molar-refractivity contribution is 0.388. The normalized spacial score (nSPS) is 10.8. The van der Waals surface area contributed by atoms with Gasteiger partial charge in [0.25, 0.3) is 0 Å². The molecule has 0 spiro atoms. The molecule has 0 aliphatic rings. The number of hydrogen-bond acceptors (Lipinski definition) is 3. The van der Waals surface area contributed by atoms with Crippen molar-refractivity contribution in [3.8, 4) is 0 Å². The molecule has 17 heavy (non-hydrogen) atoms. The van der Waals surface area contributed by atoms with Crippen LogP contribution in [0.4, 0.5) is 0 Å². The Morgan fingerprint density at radius 2 is 1.94 bits per heavy atom. The molecule has 0 bridgehead atoms. The fourth-order valence-corrected chi connectivity index (χ4v) is 1.87. The summed E-state index contributed by atoms with van der Waals surface area (Å²) in [5.41, 5.74) is 4.91. The SMILES string of the molecule is Cc1ccc(CNCc2cc(C)on2)c(C)c1. The summed E-state index contributed by atoms with van der Waals surface area (Å²) < 4.78 is 5.02. The van der Waals surface area contributed by atoms with Crippen LogP contribution >= 0.6 is 0 Å². The summed E-state index contributed by atoms with van der Waals surface area (Å²) >= 11 is 0. The second-order valence-corrected chi connectivity index (χ2v) is 4.46. The monoisotopic (exact) mass is 230 g/mol. The Kier molecular flexibility index (Phi) is 3.59.